The Morgan fingerprint density at radius 1 is 0.571 bits per heavy atom. The minimum Gasteiger partial charge on any atom is -0.453 e. The van der Waals surface area contributed by atoms with Crippen molar-refractivity contribution in [3.05, 3.63) is 133 Å². The molecule has 9 rings (SSSR count). The van der Waals surface area contributed by atoms with Crippen molar-refractivity contribution in [1.82, 2.24) is 9.55 Å². The Morgan fingerprint density at radius 2 is 1.19 bits per heavy atom. The van der Waals surface area contributed by atoms with Crippen LogP contribution in [0.2, 0.25) is 0 Å². The van der Waals surface area contributed by atoms with Crippen LogP contribution in [0.4, 0.5) is 0 Å². The van der Waals surface area contributed by atoms with Gasteiger partial charge in [0, 0.05) is 6.42 Å². The Bertz CT molecular complexity index is 2320. The van der Waals surface area contributed by atoms with Gasteiger partial charge in [-0.3, -0.25) is 4.57 Å². The topological polar surface area (TPSA) is 27.1 Å². The molecular weight excluding hydrogens is 512 g/mol. The van der Waals surface area contributed by atoms with E-state index in [-0.39, 0.29) is 0 Å². The number of benzene rings is 7. The Morgan fingerprint density at radius 3 is 1.88 bits per heavy atom. The van der Waals surface area contributed by atoms with Gasteiger partial charge in [0.15, 0.2) is 11.5 Å². The number of ether oxygens (including phenoxy) is 1. The molecule has 0 atom stereocenters. The second kappa shape index (κ2) is 8.79. The molecular formula is C39H26N2O. The molecule has 0 fully saturated rings. The highest BCUT2D eigenvalue weighted by atomic mass is 16.5. The highest BCUT2D eigenvalue weighted by molar-refractivity contribution is 6.21. The van der Waals surface area contributed by atoms with Crippen LogP contribution in [0.25, 0.3) is 71.3 Å². The summed E-state index contributed by atoms with van der Waals surface area (Å²) >= 11 is 0. The molecule has 1 aromatic heterocycles. The van der Waals surface area contributed by atoms with Crippen molar-refractivity contribution >= 4 is 43.4 Å². The molecule has 0 radical (unpaired) electrons. The molecule has 0 unspecified atom stereocenters. The van der Waals surface area contributed by atoms with E-state index >= 15 is 0 Å². The number of nitrogens with zero attached hydrogens (tertiary/aromatic N) is 2. The van der Waals surface area contributed by atoms with Gasteiger partial charge in [0.25, 0.3) is 0 Å². The van der Waals surface area contributed by atoms with Crippen molar-refractivity contribution in [1.29, 1.82) is 0 Å². The van der Waals surface area contributed by atoms with Crippen LogP contribution in [0.3, 0.4) is 0 Å². The van der Waals surface area contributed by atoms with Crippen LogP contribution in [0.1, 0.15) is 12.7 Å². The first-order valence-corrected chi connectivity index (χ1v) is 14.5. The number of fused-ring (bicyclic) bond motifs is 5. The van der Waals surface area contributed by atoms with Crippen LogP contribution in [-0.4, -0.2) is 9.55 Å². The zero-order valence-electron chi connectivity index (χ0n) is 23.1. The lowest BCUT2D eigenvalue weighted by atomic mass is 9.85. The molecule has 1 aliphatic heterocycles. The molecule has 1 aliphatic rings. The number of rotatable bonds is 3. The van der Waals surface area contributed by atoms with Crippen LogP contribution in [-0.2, 0) is 6.42 Å². The maximum Gasteiger partial charge on any atom is 0.153 e. The van der Waals surface area contributed by atoms with Crippen molar-refractivity contribution in [2.45, 2.75) is 13.3 Å². The minimum atomic E-state index is 0.837. The largest absolute Gasteiger partial charge is 0.453 e. The molecule has 0 aliphatic carbocycles. The molecule has 7 aromatic carbocycles. The summed E-state index contributed by atoms with van der Waals surface area (Å²) in [7, 11) is 0. The van der Waals surface area contributed by atoms with Crippen molar-refractivity contribution in [3.63, 3.8) is 0 Å². The summed E-state index contributed by atoms with van der Waals surface area (Å²) in [4.78, 5) is 4.95. The molecule has 0 spiro atoms. The average Bonchev–Trinajstić information content (AvgIpc) is 3.44. The van der Waals surface area contributed by atoms with E-state index in [2.05, 4.69) is 127 Å². The van der Waals surface area contributed by atoms with Gasteiger partial charge >= 0.3 is 0 Å². The predicted octanol–water partition coefficient (Wildman–Crippen LogP) is 10.5. The van der Waals surface area contributed by atoms with Crippen LogP contribution in [0.5, 0.6) is 11.5 Å². The van der Waals surface area contributed by atoms with Crippen LogP contribution >= 0.6 is 0 Å². The molecule has 0 saturated carbocycles. The van der Waals surface area contributed by atoms with Gasteiger partial charge in [-0.25, -0.2) is 4.98 Å². The van der Waals surface area contributed by atoms with E-state index in [1.54, 1.807) is 0 Å². The third kappa shape index (κ3) is 3.25. The summed E-state index contributed by atoms with van der Waals surface area (Å²) in [5.41, 5.74) is 7.96. The van der Waals surface area contributed by atoms with Crippen LogP contribution in [0, 0.1) is 0 Å². The van der Waals surface area contributed by atoms with Gasteiger partial charge in [-0.05, 0) is 84.9 Å². The summed E-state index contributed by atoms with van der Waals surface area (Å²) in [6.45, 7) is 2.16. The molecule has 2 heterocycles. The maximum absolute atomic E-state index is 6.42. The lowest BCUT2D eigenvalue weighted by Crippen LogP contribution is -2.07. The smallest absolute Gasteiger partial charge is 0.153 e. The van der Waals surface area contributed by atoms with Gasteiger partial charge in [0.2, 0.25) is 0 Å². The third-order valence-corrected chi connectivity index (χ3v) is 8.70. The third-order valence-electron chi connectivity index (χ3n) is 8.70. The molecule has 0 N–H and O–H groups in total. The quantitative estimate of drug-likeness (QED) is 0.209. The van der Waals surface area contributed by atoms with Crippen LogP contribution in [0.15, 0.2) is 127 Å². The number of aromatic nitrogens is 2. The number of imidazole rings is 1. The van der Waals surface area contributed by atoms with E-state index in [4.69, 9.17) is 9.72 Å². The van der Waals surface area contributed by atoms with E-state index < -0.39 is 0 Å². The van der Waals surface area contributed by atoms with Gasteiger partial charge in [0.1, 0.15) is 11.3 Å². The standard InChI is InChI=1S/C39H26N2O/c1-2-36-40-32-16-9-17-35-39(32)41(36)33-23-27(20-21-34(33)42-35)38-30-14-7-5-12-28(30)37(29-13-6-8-15-31(29)38)26-19-18-24-10-3-4-11-25(24)22-26/h3-23H,2H2,1H3. The Balaban J connectivity index is 1.35. The van der Waals surface area contributed by atoms with E-state index in [0.29, 0.717) is 0 Å². The molecule has 3 nitrogen and oxygen atoms in total. The Hall–Kier alpha value is -5.41. The second-order valence-corrected chi connectivity index (χ2v) is 11.0. The van der Waals surface area contributed by atoms with Gasteiger partial charge in [0.05, 0.1) is 11.2 Å². The Kier molecular flexibility index (Phi) is 4.88. The number of para-hydroxylation sites is 1. The van der Waals surface area contributed by atoms with Crippen molar-refractivity contribution in [2.75, 3.05) is 0 Å². The fourth-order valence-electron chi connectivity index (χ4n) is 6.87. The predicted molar refractivity (Wildman–Crippen MR) is 174 cm³/mol. The normalized spacial score (nSPS) is 12.2. The second-order valence-electron chi connectivity index (χ2n) is 11.0. The van der Waals surface area contributed by atoms with Gasteiger partial charge < -0.3 is 4.74 Å². The lowest BCUT2D eigenvalue weighted by Gasteiger charge is -2.23. The zero-order valence-corrected chi connectivity index (χ0v) is 23.1. The van der Waals surface area contributed by atoms with E-state index in [1.165, 1.54) is 49.0 Å². The first-order chi connectivity index (χ1) is 20.8. The molecule has 3 heteroatoms. The van der Waals surface area contributed by atoms with Crippen molar-refractivity contribution in [3.8, 4) is 39.4 Å². The maximum atomic E-state index is 6.42. The molecule has 8 aromatic rings. The number of aryl methyl sites for hydroxylation is 1. The SMILES string of the molecule is CCc1nc2cccc3c2n1-c1cc(-c2c4ccccc4c(-c4ccc5ccccc5c4)c4ccccc24)ccc1O3. The van der Waals surface area contributed by atoms with Gasteiger partial charge in [-0.1, -0.05) is 104 Å². The summed E-state index contributed by atoms with van der Waals surface area (Å²) in [6, 6.07) is 45.8. The van der Waals surface area contributed by atoms with Gasteiger partial charge in [-0.15, -0.1) is 0 Å². The molecule has 198 valence electrons. The van der Waals surface area contributed by atoms with Crippen molar-refractivity contribution in [2.24, 2.45) is 0 Å². The minimum absolute atomic E-state index is 0.837. The lowest BCUT2D eigenvalue weighted by molar-refractivity contribution is 0.474. The number of hydrogen-bond acceptors (Lipinski definition) is 2. The summed E-state index contributed by atoms with van der Waals surface area (Å²) < 4.78 is 8.72. The average molecular weight is 539 g/mol. The first-order valence-electron chi connectivity index (χ1n) is 14.5. The summed E-state index contributed by atoms with van der Waals surface area (Å²) in [5, 5.41) is 7.48. The number of hydrogen-bond donors (Lipinski definition) is 0. The summed E-state index contributed by atoms with van der Waals surface area (Å²) in [5.74, 6) is 2.75. The van der Waals surface area contributed by atoms with E-state index in [9.17, 15) is 0 Å². The first kappa shape index (κ1) is 23.3. The zero-order chi connectivity index (χ0) is 27.8. The van der Waals surface area contributed by atoms with Gasteiger partial charge in [-0.2, -0.15) is 0 Å². The highest BCUT2D eigenvalue weighted by Gasteiger charge is 2.25. The molecule has 42 heavy (non-hydrogen) atoms. The van der Waals surface area contributed by atoms with Crippen LogP contribution < -0.4 is 4.74 Å². The molecule has 0 saturated heterocycles. The molecule has 0 amide bonds. The fourth-order valence-corrected chi connectivity index (χ4v) is 6.87. The van der Waals surface area contributed by atoms with Crippen molar-refractivity contribution < 1.29 is 4.74 Å². The Labute approximate surface area is 243 Å². The fraction of sp³-hybridized carbons (Fsp3) is 0.0513. The summed E-state index contributed by atoms with van der Waals surface area (Å²) in [6.07, 6.45) is 0.837. The highest BCUT2D eigenvalue weighted by Crippen LogP contribution is 2.47. The van der Waals surface area contributed by atoms with E-state index in [1.807, 2.05) is 12.1 Å². The van der Waals surface area contributed by atoms with E-state index in [0.717, 1.165) is 46.0 Å². The monoisotopic (exact) mass is 538 g/mol. The molecule has 0 bridgehead atoms.